The third kappa shape index (κ3) is 5.74. The molecular formula is C25H25Cl2N3O5S. The van der Waals surface area contributed by atoms with E-state index >= 15 is 0 Å². The number of hydrogen-bond acceptors (Lipinski definition) is 5. The number of amides is 2. The number of carboxylic acids is 1. The maximum Gasteiger partial charge on any atom is 0.326 e. The SMILES string of the molecule is CS(=O)(=O)[C@H]1CCCCN1C(=O)N[C@@H](Cc1ccc2nc(-c3c(Cl)cccc3Cl)ccc2c1)C(=O)O. The molecule has 0 aliphatic carbocycles. The average Bonchev–Trinajstić information content (AvgIpc) is 2.83. The number of benzene rings is 2. The lowest BCUT2D eigenvalue weighted by Gasteiger charge is -2.35. The zero-order valence-electron chi connectivity index (χ0n) is 19.4. The highest BCUT2D eigenvalue weighted by Crippen LogP contribution is 2.34. The van der Waals surface area contributed by atoms with Gasteiger partial charge >= 0.3 is 12.0 Å². The standard InChI is InChI=1S/C25H25Cl2N3O5S/c1-36(34,35)22-7-2-3-12-30(22)25(33)29-21(24(31)32)14-15-8-10-19-16(13-15)9-11-20(28-19)23-17(26)5-4-6-18(23)27/h4-6,8-11,13,21-22H,2-3,7,12,14H2,1H3,(H,29,33)(H,31,32)/t21-,22-/m0/s1. The second-order valence-electron chi connectivity index (χ2n) is 8.84. The van der Waals surface area contributed by atoms with Crippen LogP contribution in [-0.4, -0.2) is 59.6 Å². The second-order valence-corrected chi connectivity index (χ2v) is 11.9. The molecule has 11 heteroatoms. The van der Waals surface area contributed by atoms with Crippen LogP contribution in [0.25, 0.3) is 22.2 Å². The van der Waals surface area contributed by atoms with E-state index in [1.54, 1.807) is 36.4 Å². The molecule has 36 heavy (non-hydrogen) atoms. The molecule has 2 amide bonds. The summed E-state index contributed by atoms with van der Waals surface area (Å²) in [6.07, 6.45) is 2.80. The predicted octanol–water partition coefficient (Wildman–Crippen LogP) is 4.77. The summed E-state index contributed by atoms with van der Waals surface area (Å²) in [7, 11) is -3.49. The first kappa shape index (κ1) is 26.2. The Morgan fingerprint density at radius 3 is 2.53 bits per heavy atom. The Hall–Kier alpha value is -2.88. The van der Waals surface area contributed by atoms with Crippen LogP contribution in [0.1, 0.15) is 24.8 Å². The van der Waals surface area contributed by atoms with Gasteiger partial charge in [0.25, 0.3) is 0 Å². The highest BCUT2D eigenvalue weighted by molar-refractivity contribution is 7.91. The maximum absolute atomic E-state index is 12.9. The van der Waals surface area contributed by atoms with Crippen molar-refractivity contribution < 1.29 is 23.1 Å². The molecule has 1 aliphatic heterocycles. The number of urea groups is 1. The van der Waals surface area contributed by atoms with E-state index in [9.17, 15) is 23.1 Å². The van der Waals surface area contributed by atoms with Crippen molar-refractivity contribution in [2.24, 2.45) is 0 Å². The molecule has 4 rings (SSSR count). The molecule has 190 valence electrons. The van der Waals surface area contributed by atoms with Crippen molar-refractivity contribution in [1.29, 1.82) is 0 Å². The van der Waals surface area contributed by atoms with Crippen LogP contribution in [-0.2, 0) is 21.1 Å². The molecule has 2 aromatic carbocycles. The van der Waals surface area contributed by atoms with E-state index in [1.165, 1.54) is 4.90 Å². The van der Waals surface area contributed by atoms with Gasteiger partial charge in [-0.1, -0.05) is 41.4 Å². The summed E-state index contributed by atoms with van der Waals surface area (Å²) in [5.41, 5.74) is 2.60. The quantitative estimate of drug-likeness (QED) is 0.457. The smallest absolute Gasteiger partial charge is 0.326 e. The van der Waals surface area contributed by atoms with Crippen molar-refractivity contribution in [3.05, 3.63) is 64.1 Å². The number of piperidine rings is 1. The highest BCUT2D eigenvalue weighted by Gasteiger charge is 2.35. The number of carbonyl (C=O) groups is 2. The Labute approximate surface area is 219 Å². The molecule has 2 heterocycles. The van der Waals surface area contributed by atoms with E-state index in [0.29, 0.717) is 51.6 Å². The molecule has 0 radical (unpaired) electrons. The molecule has 0 spiro atoms. The van der Waals surface area contributed by atoms with Crippen LogP contribution in [0.3, 0.4) is 0 Å². The average molecular weight is 550 g/mol. The number of halogens is 2. The number of aliphatic carboxylic acids is 1. The lowest BCUT2D eigenvalue weighted by atomic mass is 10.0. The van der Waals surface area contributed by atoms with E-state index in [4.69, 9.17) is 23.2 Å². The van der Waals surface area contributed by atoms with E-state index in [1.807, 2.05) is 12.1 Å². The topological polar surface area (TPSA) is 117 Å². The van der Waals surface area contributed by atoms with Crippen molar-refractivity contribution in [2.75, 3.05) is 12.8 Å². The van der Waals surface area contributed by atoms with Gasteiger partial charge < -0.3 is 15.3 Å². The van der Waals surface area contributed by atoms with Gasteiger partial charge in [-0.25, -0.2) is 23.0 Å². The lowest BCUT2D eigenvalue weighted by molar-refractivity contribution is -0.139. The maximum atomic E-state index is 12.9. The van der Waals surface area contributed by atoms with Crippen LogP contribution in [0.4, 0.5) is 4.79 Å². The van der Waals surface area contributed by atoms with E-state index < -0.39 is 33.3 Å². The number of nitrogens with one attached hydrogen (secondary N) is 1. The molecule has 3 aromatic rings. The van der Waals surface area contributed by atoms with Gasteiger partial charge in [0, 0.05) is 30.2 Å². The molecule has 1 fully saturated rings. The number of likely N-dealkylation sites (tertiary alicyclic amines) is 1. The number of nitrogens with zero attached hydrogens (tertiary/aromatic N) is 2. The van der Waals surface area contributed by atoms with Gasteiger partial charge in [-0.15, -0.1) is 0 Å². The first-order chi connectivity index (χ1) is 17.0. The van der Waals surface area contributed by atoms with Crippen LogP contribution in [0.2, 0.25) is 10.0 Å². The minimum atomic E-state index is -3.49. The minimum Gasteiger partial charge on any atom is -0.480 e. The fraction of sp³-hybridized carbons (Fsp3) is 0.320. The van der Waals surface area contributed by atoms with E-state index in [0.717, 1.165) is 11.6 Å². The number of fused-ring (bicyclic) bond motifs is 1. The van der Waals surface area contributed by atoms with Crippen LogP contribution >= 0.6 is 23.2 Å². The third-order valence-corrected chi connectivity index (χ3v) is 8.32. The van der Waals surface area contributed by atoms with Gasteiger partial charge in [0.1, 0.15) is 11.4 Å². The first-order valence-electron chi connectivity index (χ1n) is 11.4. The molecule has 1 aliphatic rings. The Kier molecular flexibility index (Phi) is 7.73. The summed E-state index contributed by atoms with van der Waals surface area (Å²) in [5, 5.41) is 13.1. The van der Waals surface area contributed by atoms with Crippen LogP contribution in [0.15, 0.2) is 48.5 Å². The molecule has 1 aromatic heterocycles. The van der Waals surface area contributed by atoms with Gasteiger partial charge in [0.05, 0.1) is 21.3 Å². The van der Waals surface area contributed by atoms with Gasteiger partial charge in [-0.3, -0.25) is 0 Å². The lowest BCUT2D eigenvalue weighted by Crippen LogP contribution is -2.55. The van der Waals surface area contributed by atoms with Crippen molar-refractivity contribution in [3.8, 4) is 11.3 Å². The fourth-order valence-corrected chi connectivity index (χ4v) is 6.28. The molecule has 0 saturated carbocycles. The number of sulfone groups is 1. The fourth-order valence-electron chi connectivity index (χ4n) is 4.43. The molecule has 0 unspecified atom stereocenters. The summed E-state index contributed by atoms with van der Waals surface area (Å²) < 4.78 is 24.3. The Morgan fingerprint density at radius 2 is 1.86 bits per heavy atom. The molecule has 1 saturated heterocycles. The summed E-state index contributed by atoms with van der Waals surface area (Å²) in [5.74, 6) is -1.21. The third-order valence-electron chi connectivity index (χ3n) is 6.21. The number of carbonyl (C=O) groups excluding carboxylic acids is 1. The van der Waals surface area contributed by atoms with Gasteiger partial charge in [0.15, 0.2) is 9.84 Å². The minimum absolute atomic E-state index is 0.0203. The normalized spacial score (nSPS) is 17.1. The van der Waals surface area contributed by atoms with Crippen molar-refractivity contribution in [1.82, 2.24) is 15.2 Å². The molecular weight excluding hydrogens is 525 g/mol. The van der Waals surface area contributed by atoms with Gasteiger partial charge in [-0.05, 0) is 55.2 Å². The number of pyridine rings is 1. The van der Waals surface area contributed by atoms with Gasteiger partial charge in [-0.2, -0.15) is 0 Å². The summed E-state index contributed by atoms with van der Waals surface area (Å²) >= 11 is 12.6. The van der Waals surface area contributed by atoms with Crippen LogP contribution in [0.5, 0.6) is 0 Å². The van der Waals surface area contributed by atoms with E-state index in [2.05, 4.69) is 10.3 Å². The summed E-state index contributed by atoms with van der Waals surface area (Å²) in [6.45, 7) is 0.259. The zero-order chi connectivity index (χ0) is 26.0. The first-order valence-corrected chi connectivity index (χ1v) is 14.1. The monoisotopic (exact) mass is 549 g/mol. The van der Waals surface area contributed by atoms with Crippen LogP contribution in [0, 0.1) is 0 Å². The Balaban J connectivity index is 1.54. The summed E-state index contributed by atoms with van der Waals surface area (Å²) in [4.78, 5) is 30.7. The van der Waals surface area contributed by atoms with Crippen molar-refractivity contribution in [2.45, 2.75) is 37.1 Å². The molecule has 2 N–H and O–H groups in total. The predicted molar refractivity (Wildman–Crippen MR) is 140 cm³/mol. The number of aromatic nitrogens is 1. The molecule has 2 atom stereocenters. The largest absolute Gasteiger partial charge is 0.480 e. The summed E-state index contributed by atoms with van der Waals surface area (Å²) in [6, 6.07) is 12.3. The van der Waals surface area contributed by atoms with Crippen molar-refractivity contribution in [3.63, 3.8) is 0 Å². The number of carboxylic acid groups (broad SMARTS) is 1. The molecule has 0 bridgehead atoms. The Bertz CT molecular complexity index is 1410. The van der Waals surface area contributed by atoms with Crippen molar-refractivity contribution >= 4 is 55.9 Å². The number of rotatable bonds is 6. The van der Waals surface area contributed by atoms with Crippen LogP contribution < -0.4 is 5.32 Å². The second kappa shape index (κ2) is 10.6. The molecule has 8 nitrogen and oxygen atoms in total. The highest BCUT2D eigenvalue weighted by atomic mass is 35.5. The Morgan fingerprint density at radius 1 is 1.14 bits per heavy atom. The zero-order valence-corrected chi connectivity index (χ0v) is 21.8. The van der Waals surface area contributed by atoms with Gasteiger partial charge in [0.2, 0.25) is 0 Å². The number of hydrogen-bond donors (Lipinski definition) is 2. The van der Waals surface area contributed by atoms with E-state index in [-0.39, 0.29) is 13.0 Å².